The van der Waals surface area contributed by atoms with Crippen LogP contribution in [0.5, 0.6) is 0 Å². The van der Waals surface area contributed by atoms with Crippen LogP contribution in [0.1, 0.15) is 18.4 Å². The molecule has 116 valence electrons. The van der Waals surface area contributed by atoms with Crippen LogP contribution in [0.25, 0.3) is 0 Å². The van der Waals surface area contributed by atoms with Crippen LogP contribution in [-0.4, -0.2) is 55.8 Å². The van der Waals surface area contributed by atoms with Crippen molar-refractivity contribution in [3.05, 3.63) is 18.0 Å². The SMILES string of the molecule is CNC(=O)C1CCCN1c1ncc(CNCCOC)cn1. The summed E-state index contributed by atoms with van der Waals surface area (Å²) < 4.78 is 4.97. The van der Waals surface area contributed by atoms with Crippen LogP contribution in [0.3, 0.4) is 0 Å². The summed E-state index contributed by atoms with van der Waals surface area (Å²) in [5.74, 6) is 0.656. The molecule has 0 aromatic carbocycles. The molecule has 1 amide bonds. The van der Waals surface area contributed by atoms with Crippen molar-refractivity contribution in [3.8, 4) is 0 Å². The number of carbonyl (C=O) groups is 1. The molecule has 7 nitrogen and oxygen atoms in total. The van der Waals surface area contributed by atoms with Crippen molar-refractivity contribution in [1.29, 1.82) is 0 Å². The average Bonchev–Trinajstić information content (AvgIpc) is 3.01. The fourth-order valence-corrected chi connectivity index (χ4v) is 2.44. The highest BCUT2D eigenvalue weighted by Gasteiger charge is 2.31. The van der Waals surface area contributed by atoms with E-state index in [-0.39, 0.29) is 11.9 Å². The van der Waals surface area contributed by atoms with Crippen molar-refractivity contribution < 1.29 is 9.53 Å². The quantitative estimate of drug-likeness (QED) is 0.685. The molecule has 1 aromatic heterocycles. The number of methoxy groups -OCH3 is 1. The van der Waals surface area contributed by atoms with E-state index in [0.29, 0.717) is 19.1 Å². The van der Waals surface area contributed by atoms with Crippen molar-refractivity contribution in [1.82, 2.24) is 20.6 Å². The van der Waals surface area contributed by atoms with Crippen molar-refractivity contribution in [2.45, 2.75) is 25.4 Å². The lowest BCUT2D eigenvalue weighted by molar-refractivity contribution is -0.121. The van der Waals surface area contributed by atoms with Gasteiger partial charge in [-0.05, 0) is 12.8 Å². The number of amides is 1. The zero-order valence-electron chi connectivity index (χ0n) is 12.6. The van der Waals surface area contributed by atoms with Gasteiger partial charge in [0.2, 0.25) is 11.9 Å². The second-order valence-electron chi connectivity index (χ2n) is 5.03. The number of anilines is 1. The van der Waals surface area contributed by atoms with Gasteiger partial charge in [0.15, 0.2) is 0 Å². The van der Waals surface area contributed by atoms with Gasteiger partial charge >= 0.3 is 0 Å². The standard InChI is InChI=1S/C14H23N5O2/c1-15-13(20)12-4-3-6-19(12)14-17-9-11(10-18-14)8-16-5-7-21-2/h9-10,12,16H,3-8H2,1-2H3,(H,15,20). The fraction of sp³-hybridized carbons (Fsp3) is 0.643. The van der Waals surface area contributed by atoms with Gasteiger partial charge in [0.1, 0.15) is 6.04 Å². The summed E-state index contributed by atoms with van der Waals surface area (Å²) in [6.07, 6.45) is 5.45. The minimum Gasteiger partial charge on any atom is -0.383 e. The third-order valence-corrected chi connectivity index (χ3v) is 3.56. The Kier molecular flexibility index (Phi) is 5.89. The van der Waals surface area contributed by atoms with Crippen LogP contribution in [-0.2, 0) is 16.1 Å². The summed E-state index contributed by atoms with van der Waals surface area (Å²) in [5, 5.41) is 5.94. The molecule has 0 radical (unpaired) electrons. The second kappa shape index (κ2) is 7.90. The molecule has 2 rings (SSSR count). The topological polar surface area (TPSA) is 79.4 Å². The summed E-state index contributed by atoms with van der Waals surface area (Å²) in [4.78, 5) is 22.6. The molecule has 0 saturated carbocycles. The first kappa shape index (κ1) is 15.7. The molecule has 0 bridgehead atoms. The smallest absolute Gasteiger partial charge is 0.242 e. The Balaban J connectivity index is 1.93. The minimum absolute atomic E-state index is 0.0291. The fourth-order valence-electron chi connectivity index (χ4n) is 2.44. The Morgan fingerprint density at radius 3 is 2.90 bits per heavy atom. The highest BCUT2D eigenvalue weighted by Crippen LogP contribution is 2.22. The number of aromatic nitrogens is 2. The molecular weight excluding hydrogens is 270 g/mol. The van der Waals surface area contributed by atoms with Crippen molar-refractivity contribution in [3.63, 3.8) is 0 Å². The molecule has 1 aromatic rings. The van der Waals surface area contributed by atoms with Crippen LogP contribution in [0, 0.1) is 0 Å². The maximum Gasteiger partial charge on any atom is 0.242 e. The number of nitrogens with zero attached hydrogens (tertiary/aromatic N) is 3. The van der Waals surface area contributed by atoms with E-state index in [1.54, 1.807) is 26.6 Å². The van der Waals surface area contributed by atoms with E-state index in [2.05, 4.69) is 20.6 Å². The summed E-state index contributed by atoms with van der Waals surface area (Å²) in [7, 11) is 3.34. The Labute approximate surface area is 125 Å². The van der Waals surface area contributed by atoms with Crippen molar-refractivity contribution >= 4 is 11.9 Å². The molecule has 0 aliphatic carbocycles. The second-order valence-corrected chi connectivity index (χ2v) is 5.03. The lowest BCUT2D eigenvalue weighted by Gasteiger charge is -2.23. The summed E-state index contributed by atoms with van der Waals surface area (Å²) in [6.45, 7) is 3.01. The first-order valence-electron chi connectivity index (χ1n) is 7.25. The maximum atomic E-state index is 11.8. The van der Waals surface area contributed by atoms with Gasteiger partial charge < -0.3 is 20.3 Å². The molecule has 1 unspecified atom stereocenters. The first-order valence-corrected chi connectivity index (χ1v) is 7.25. The van der Waals surface area contributed by atoms with Gasteiger partial charge in [0, 0.05) is 51.7 Å². The van der Waals surface area contributed by atoms with Crippen molar-refractivity contribution in [2.75, 3.05) is 38.8 Å². The normalized spacial score (nSPS) is 18.0. The highest BCUT2D eigenvalue weighted by atomic mass is 16.5. The molecule has 7 heteroatoms. The van der Waals surface area contributed by atoms with Gasteiger partial charge in [-0.2, -0.15) is 0 Å². The predicted octanol–water partition coefficient (Wildman–Crippen LogP) is -0.0726. The van der Waals surface area contributed by atoms with E-state index in [4.69, 9.17) is 4.74 Å². The molecule has 1 saturated heterocycles. The van der Waals surface area contributed by atoms with E-state index >= 15 is 0 Å². The van der Waals surface area contributed by atoms with Gasteiger partial charge in [-0.3, -0.25) is 4.79 Å². The Morgan fingerprint density at radius 2 is 2.24 bits per heavy atom. The minimum atomic E-state index is -0.152. The number of rotatable bonds is 7. The van der Waals surface area contributed by atoms with Gasteiger partial charge in [0.25, 0.3) is 0 Å². The molecule has 1 aliphatic rings. The monoisotopic (exact) mass is 293 g/mol. The third kappa shape index (κ3) is 4.12. The Hall–Kier alpha value is -1.73. The maximum absolute atomic E-state index is 11.8. The number of ether oxygens (including phenoxy) is 1. The molecule has 1 atom stereocenters. The lowest BCUT2D eigenvalue weighted by atomic mass is 10.2. The lowest BCUT2D eigenvalue weighted by Crippen LogP contribution is -2.42. The zero-order chi connectivity index (χ0) is 15.1. The Bertz CT molecular complexity index is 451. The highest BCUT2D eigenvalue weighted by molar-refractivity contribution is 5.84. The van der Waals surface area contributed by atoms with Gasteiger partial charge in [-0.15, -0.1) is 0 Å². The third-order valence-electron chi connectivity index (χ3n) is 3.56. The van der Waals surface area contributed by atoms with E-state index in [1.165, 1.54) is 0 Å². The van der Waals surface area contributed by atoms with E-state index in [9.17, 15) is 4.79 Å². The zero-order valence-corrected chi connectivity index (χ0v) is 12.6. The van der Waals surface area contributed by atoms with Gasteiger partial charge in [-0.1, -0.05) is 0 Å². The van der Waals surface area contributed by atoms with Gasteiger partial charge in [0.05, 0.1) is 6.61 Å². The summed E-state index contributed by atoms with van der Waals surface area (Å²) >= 11 is 0. The predicted molar refractivity (Wildman–Crippen MR) is 80.0 cm³/mol. The van der Waals surface area contributed by atoms with Crippen LogP contribution < -0.4 is 15.5 Å². The van der Waals surface area contributed by atoms with Gasteiger partial charge in [-0.25, -0.2) is 9.97 Å². The number of hydrogen-bond acceptors (Lipinski definition) is 6. The van der Waals surface area contributed by atoms with E-state index in [0.717, 1.165) is 31.5 Å². The molecule has 1 aliphatic heterocycles. The van der Waals surface area contributed by atoms with Crippen LogP contribution in [0.15, 0.2) is 12.4 Å². The molecular formula is C14H23N5O2. The van der Waals surface area contributed by atoms with Crippen molar-refractivity contribution in [2.24, 2.45) is 0 Å². The molecule has 1 fully saturated rings. The summed E-state index contributed by atoms with van der Waals surface area (Å²) in [5.41, 5.74) is 1.02. The number of nitrogens with one attached hydrogen (secondary N) is 2. The van der Waals surface area contributed by atoms with E-state index in [1.807, 2.05) is 4.90 Å². The Morgan fingerprint density at radius 1 is 1.48 bits per heavy atom. The molecule has 21 heavy (non-hydrogen) atoms. The van der Waals surface area contributed by atoms with Crippen LogP contribution >= 0.6 is 0 Å². The molecule has 2 N–H and O–H groups in total. The average molecular weight is 293 g/mol. The van der Waals surface area contributed by atoms with E-state index < -0.39 is 0 Å². The number of likely N-dealkylation sites (N-methyl/N-ethyl adjacent to an activating group) is 1. The molecule has 2 heterocycles. The van der Waals surface area contributed by atoms with Crippen LogP contribution in [0.2, 0.25) is 0 Å². The summed E-state index contributed by atoms with van der Waals surface area (Å²) in [6, 6.07) is -0.152. The molecule has 0 spiro atoms. The first-order chi connectivity index (χ1) is 10.3. The largest absolute Gasteiger partial charge is 0.383 e. The van der Waals surface area contributed by atoms with Crippen LogP contribution in [0.4, 0.5) is 5.95 Å². The number of carbonyl (C=O) groups excluding carboxylic acids is 1. The number of hydrogen-bond donors (Lipinski definition) is 2.